The number of rotatable bonds is 6. The molecule has 6 heteroatoms. The van der Waals surface area contributed by atoms with E-state index in [0.717, 1.165) is 6.42 Å². The van der Waals surface area contributed by atoms with Crippen LogP contribution in [0, 0.1) is 0 Å². The molecule has 0 aliphatic heterocycles. The lowest BCUT2D eigenvalue weighted by Crippen LogP contribution is -1.95. The lowest BCUT2D eigenvalue weighted by molar-refractivity contribution is 0.114. The molecule has 0 unspecified atom stereocenters. The molecule has 0 radical (unpaired) electrons. The van der Waals surface area contributed by atoms with Crippen molar-refractivity contribution in [2.75, 3.05) is 13.7 Å². The fourth-order valence-corrected chi connectivity index (χ4v) is 1.56. The van der Waals surface area contributed by atoms with Crippen molar-refractivity contribution in [2.24, 2.45) is 0 Å². The van der Waals surface area contributed by atoms with Gasteiger partial charge in [-0.05, 0) is 24.6 Å². The highest BCUT2D eigenvalue weighted by Gasteiger charge is 2.11. The first kappa shape index (κ1) is 13.4. The quantitative estimate of drug-likeness (QED) is 0.807. The predicted molar refractivity (Wildman–Crippen MR) is 67.9 cm³/mol. The zero-order valence-electron chi connectivity index (χ0n) is 10.9. The van der Waals surface area contributed by atoms with Crippen LogP contribution in [0.1, 0.15) is 19.2 Å². The molecule has 0 fully saturated rings. The zero-order valence-corrected chi connectivity index (χ0v) is 10.9. The Morgan fingerprint density at radius 1 is 1.37 bits per heavy atom. The predicted octanol–water partition coefficient (Wildman–Crippen LogP) is 2.38. The molecular weight excluding hydrogens is 248 g/mol. The van der Waals surface area contributed by atoms with E-state index in [1.165, 1.54) is 13.2 Å². The first-order chi connectivity index (χ1) is 9.24. The van der Waals surface area contributed by atoms with E-state index in [2.05, 4.69) is 10.1 Å². The second-order valence-corrected chi connectivity index (χ2v) is 3.95. The largest absolute Gasteiger partial charge is 0.504 e. The molecule has 0 aliphatic carbocycles. The summed E-state index contributed by atoms with van der Waals surface area (Å²) in [6, 6.07) is 4.90. The smallest absolute Gasteiger partial charge is 0.258 e. The Kier molecular flexibility index (Phi) is 4.35. The van der Waals surface area contributed by atoms with Crippen LogP contribution in [0.25, 0.3) is 11.5 Å². The molecule has 102 valence electrons. The van der Waals surface area contributed by atoms with Gasteiger partial charge in [-0.1, -0.05) is 12.1 Å². The van der Waals surface area contributed by atoms with Gasteiger partial charge in [0.15, 0.2) is 17.3 Å². The fourth-order valence-electron chi connectivity index (χ4n) is 1.56. The minimum absolute atomic E-state index is 0.0296. The third kappa shape index (κ3) is 3.23. The Bertz CT molecular complexity index is 539. The van der Waals surface area contributed by atoms with Crippen molar-refractivity contribution in [1.82, 2.24) is 10.1 Å². The van der Waals surface area contributed by atoms with Crippen molar-refractivity contribution in [3.63, 3.8) is 0 Å². The van der Waals surface area contributed by atoms with Gasteiger partial charge in [0.2, 0.25) is 0 Å². The molecular formula is C13H16N2O4. The van der Waals surface area contributed by atoms with Crippen molar-refractivity contribution in [2.45, 2.75) is 20.0 Å². The summed E-state index contributed by atoms with van der Waals surface area (Å²) >= 11 is 0. The topological polar surface area (TPSA) is 77.6 Å². The molecule has 0 saturated carbocycles. The number of phenols is 1. The number of phenolic OH excluding ortho intramolecular Hbond substituents is 1. The van der Waals surface area contributed by atoms with Crippen LogP contribution in [-0.4, -0.2) is 29.0 Å². The highest BCUT2D eigenvalue weighted by Crippen LogP contribution is 2.30. The normalized spacial score (nSPS) is 10.6. The number of nitrogens with zero attached hydrogens (tertiary/aromatic N) is 2. The summed E-state index contributed by atoms with van der Waals surface area (Å²) in [7, 11) is 1.49. The molecule has 1 aromatic carbocycles. The molecule has 0 bridgehead atoms. The Labute approximate surface area is 111 Å². The second-order valence-electron chi connectivity index (χ2n) is 3.95. The lowest BCUT2D eigenvalue weighted by Gasteiger charge is -2.03. The number of benzene rings is 1. The summed E-state index contributed by atoms with van der Waals surface area (Å²) in [5.41, 5.74) is 0.632. The molecule has 1 N–H and O–H groups in total. The summed E-state index contributed by atoms with van der Waals surface area (Å²) in [6.45, 7) is 3.01. The monoisotopic (exact) mass is 264 g/mol. The first-order valence-electron chi connectivity index (χ1n) is 6.02. The maximum atomic E-state index is 9.69. The standard InChI is InChI=1S/C13H16N2O4/c1-3-6-18-8-12-14-13(19-15-12)9-4-5-11(17-2)10(16)7-9/h4-5,7,16H,3,6,8H2,1-2H3. The summed E-state index contributed by atoms with van der Waals surface area (Å²) in [5, 5.41) is 13.5. The maximum absolute atomic E-state index is 9.69. The third-order valence-corrected chi connectivity index (χ3v) is 2.47. The average Bonchev–Trinajstić information content (AvgIpc) is 2.88. The van der Waals surface area contributed by atoms with Gasteiger partial charge in [-0.3, -0.25) is 0 Å². The average molecular weight is 264 g/mol. The van der Waals surface area contributed by atoms with Crippen LogP contribution in [0.2, 0.25) is 0 Å². The molecule has 0 saturated heterocycles. The highest BCUT2D eigenvalue weighted by molar-refractivity contribution is 5.59. The summed E-state index contributed by atoms with van der Waals surface area (Å²) in [6.07, 6.45) is 0.942. The summed E-state index contributed by atoms with van der Waals surface area (Å²) in [5.74, 6) is 1.25. The molecule has 2 aromatic rings. The number of hydrogen-bond donors (Lipinski definition) is 1. The second kappa shape index (κ2) is 6.19. The first-order valence-corrected chi connectivity index (χ1v) is 6.02. The van der Waals surface area contributed by atoms with E-state index in [4.69, 9.17) is 14.0 Å². The van der Waals surface area contributed by atoms with E-state index < -0.39 is 0 Å². The molecule has 0 spiro atoms. The zero-order chi connectivity index (χ0) is 13.7. The summed E-state index contributed by atoms with van der Waals surface area (Å²) in [4.78, 5) is 4.19. The van der Waals surface area contributed by atoms with Gasteiger partial charge in [-0.2, -0.15) is 4.98 Å². The molecule has 1 aromatic heterocycles. The van der Waals surface area contributed by atoms with Crippen LogP contribution in [-0.2, 0) is 11.3 Å². The molecule has 1 heterocycles. The van der Waals surface area contributed by atoms with Crippen LogP contribution in [0.15, 0.2) is 22.7 Å². The molecule has 0 amide bonds. The van der Waals surface area contributed by atoms with E-state index in [-0.39, 0.29) is 5.75 Å². The van der Waals surface area contributed by atoms with Gasteiger partial charge in [-0.25, -0.2) is 0 Å². The van der Waals surface area contributed by atoms with Gasteiger partial charge in [0, 0.05) is 12.2 Å². The number of methoxy groups -OCH3 is 1. The van der Waals surface area contributed by atoms with E-state index in [1.54, 1.807) is 12.1 Å². The van der Waals surface area contributed by atoms with Crippen LogP contribution in [0.5, 0.6) is 11.5 Å². The van der Waals surface area contributed by atoms with Crippen molar-refractivity contribution < 1.29 is 19.1 Å². The minimum atomic E-state index is 0.0296. The molecule has 19 heavy (non-hydrogen) atoms. The number of aromatic nitrogens is 2. The lowest BCUT2D eigenvalue weighted by atomic mass is 10.2. The highest BCUT2D eigenvalue weighted by atomic mass is 16.5. The SMILES string of the molecule is CCCOCc1noc(-c2ccc(OC)c(O)c2)n1. The van der Waals surface area contributed by atoms with Crippen molar-refractivity contribution in [3.8, 4) is 23.0 Å². The van der Waals surface area contributed by atoms with E-state index in [0.29, 0.717) is 36.2 Å². The number of hydrogen-bond acceptors (Lipinski definition) is 6. The van der Waals surface area contributed by atoms with Crippen molar-refractivity contribution in [3.05, 3.63) is 24.0 Å². The van der Waals surface area contributed by atoms with Crippen LogP contribution >= 0.6 is 0 Å². The minimum Gasteiger partial charge on any atom is -0.504 e. The van der Waals surface area contributed by atoms with Gasteiger partial charge in [0.05, 0.1) is 7.11 Å². The third-order valence-electron chi connectivity index (χ3n) is 2.47. The van der Waals surface area contributed by atoms with Gasteiger partial charge in [0.1, 0.15) is 6.61 Å². The van der Waals surface area contributed by atoms with E-state index in [9.17, 15) is 5.11 Å². The molecule has 0 aliphatic rings. The van der Waals surface area contributed by atoms with Gasteiger partial charge in [0.25, 0.3) is 5.89 Å². The Hall–Kier alpha value is -2.08. The molecule has 6 nitrogen and oxygen atoms in total. The molecule has 2 rings (SSSR count). The van der Waals surface area contributed by atoms with Crippen molar-refractivity contribution in [1.29, 1.82) is 0 Å². The number of ether oxygens (including phenoxy) is 2. The Morgan fingerprint density at radius 3 is 2.89 bits per heavy atom. The van der Waals surface area contributed by atoms with Gasteiger partial charge < -0.3 is 19.1 Å². The number of aromatic hydroxyl groups is 1. The van der Waals surface area contributed by atoms with Crippen molar-refractivity contribution >= 4 is 0 Å². The Balaban J connectivity index is 2.11. The van der Waals surface area contributed by atoms with E-state index in [1.807, 2.05) is 6.92 Å². The van der Waals surface area contributed by atoms with E-state index >= 15 is 0 Å². The van der Waals surface area contributed by atoms with Crippen LogP contribution in [0.4, 0.5) is 0 Å². The summed E-state index contributed by atoms with van der Waals surface area (Å²) < 4.78 is 15.4. The van der Waals surface area contributed by atoms with Crippen LogP contribution < -0.4 is 4.74 Å². The van der Waals surface area contributed by atoms with Gasteiger partial charge in [-0.15, -0.1) is 0 Å². The maximum Gasteiger partial charge on any atom is 0.258 e. The fraction of sp³-hybridized carbons (Fsp3) is 0.385. The molecule has 0 atom stereocenters. The Morgan fingerprint density at radius 2 is 2.21 bits per heavy atom. The van der Waals surface area contributed by atoms with Crippen LogP contribution in [0.3, 0.4) is 0 Å². The van der Waals surface area contributed by atoms with Gasteiger partial charge >= 0.3 is 0 Å².